The molecule has 2 heteroatoms. The molecule has 162 valence electrons. The molecule has 1 atom stereocenters. The van der Waals surface area contributed by atoms with Gasteiger partial charge in [-0.15, -0.1) is 0 Å². The highest BCUT2D eigenvalue weighted by Gasteiger charge is 2.18. The van der Waals surface area contributed by atoms with Crippen molar-refractivity contribution in [1.82, 2.24) is 0 Å². The van der Waals surface area contributed by atoms with Gasteiger partial charge in [0.05, 0.1) is 12.5 Å². The molecular weight excluding hydrogens is 332 g/mol. The van der Waals surface area contributed by atoms with Gasteiger partial charge in [-0.05, 0) is 19.3 Å². The Labute approximate surface area is 171 Å². The monoisotopic (exact) mass is 382 g/mol. The minimum Gasteiger partial charge on any atom is -0.465 e. The van der Waals surface area contributed by atoms with Crippen molar-refractivity contribution in [3.05, 3.63) is 0 Å². The van der Waals surface area contributed by atoms with Gasteiger partial charge in [-0.25, -0.2) is 0 Å². The Kier molecular flexibility index (Phi) is 21.3. The zero-order valence-electron chi connectivity index (χ0n) is 19.0. The van der Waals surface area contributed by atoms with E-state index in [-0.39, 0.29) is 11.9 Å². The Hall–Kier alpha value is -0.530. The number of ether oxygens (including phenoxy) is 1. The molecule has 0 aliphatic heterocycles. The summed E-state index contributed by atoms with van der Waals surface area (Å²) in [6.07, 6.45) is 24.0. The SMILES string of the molecule is CCCCCCCCCCCC(CCC)C(=O)OCCCCCCCCC. The van der Waals surface area contributed by atoms with Crippen LogP contribution in [0.4, 0.5) is 0 Å². The summed E-state index contributed by atoms with van der Waals surface area (Å²) < 4.78 is 5.58. The quantitative estimate of drug-likeness (QED) is 0.147. The minimum absolute atomic E-state index is 0.0717. The normalized spacial score (nSPS) is 12.3. The zero-order chi connectivity index (χ0) is 20.0. The molecule has 0 rings (SSSR count). The van der Waals surface area contributed by atoms with Gasteiger partial charge in [0, 0.05) is 0 Å². The maximum Gasteiger partial charge on any atom is 0.308 e. The van der Waals surface area contributed by atoms with E-state index in [9.17, 15) is 4.79 Å². The summed E-state index contributed by atoms with van der Waals surface area (Å²) in [6, 6.07) is 0. The van der Waals surface area contributed by atoms with E-state index >= 15 is 0 Å². The van der Waals surface area contributed by atoms with Crippen LogP contribution in [-0.2, 0) is 9.53 Å². The van der Waals surface area contributed by atoms with Crippen LogP contribution < -0.4 is 0 Å². The molecule has 0 aromatic heterocycles. The molecule has 0 aliphatic carbocycles. The molecule has 0 saturated carbocycles. The number of esters is 1. The Balaban J connectivity index is 3.64. The molecule has 0 heterocycles. The van der Waals surface area contributed by atoms with Crippen LogP contribution in [0.5, 0.6) is 0 Å². The molecular formula is C25H50O2. The molecule has 2 nitrogen and oxygen atoms in total. The highest BCUT2D eigenvalue weighted by Crippen LogP contribution is 2.19. The molecule has 27 heavy (non-hydrogen) atoms. The van der Waals surface area contributed by atoms with Gasteiger partial charge in [-0.1, -0.05) is 124 Å². The summed E-state index contributed by atoms with van der Waals surface area (Å²) in [6.45, 7) is 7.32. The minimum atomic E-state index is 0.0717. The third-order valence-electron chi connectivity index (χ3n) is 5.62. The van der Waals surface area contributed by atoms with E-state index in [4.69, 9.17) is 4.74 Å². The van der Waals surface area contributed by atoms with Crippen molar-refractivity contribution in [2.45, 2.75) is 143 Å². The van der Waals surface area contributed by atoms with Crippen LogP contribution in [0.15, 0.2) is 0 Å². The second-order valence-corrected chi connectivity index (χ2v) is 8.39. The van der Waals surface area contributed by atoms with Crippen molar-refractivity contribution in [3.8, 4) is 0 Å². The summed E-state index contributed by atoms with van der Waals surface area (Å²) in [7, 11) is 0. The third kappa shape index (κ3) is 18.6. The molecule has 0 aromatic rings. The predicted molar refractivity (Wildman–Crippen MR) is 119 cm³/mol. The van der Waals surface area contributed by atoms with E-state index in [1.807, 2.05) is 0 Å². The first-order valence-corrected chi connectivity index (χ1v) is 12.4. The van der Waals surface area contributed by atoms with Gasteiger partial charge < -0.3 is 4.74 Å². The molecule has 0 radical (unpaired) electrons. The van der Waals surface area contributed by atoms with Crippen molar-refractivity contribution in [3.63, 3.8) is 0 Å². The first-order chi connectivity index (χ1) is 13.3. The highest BCUT2D eigenvalue weighted by atomic mass is 16.5. The number of rotatable bonds is 21. The van der Waals surface area contributed by atoms with Crippen LogP contribution in [0.2, 0.25) is 0 Å². The predicted octanol–water partition coefficient (Wildman–Crippen LogP) is 8.62. The fourth-order valence-corrected chi connectivity index (χ4v) is 3.78. The molecule has 0 spiro atoms. The molecule has 0 saturated heterocycles. The Bertz CT molecular complexity index is 301. The van der Waals surface area contributed by atoms with E-state index in [2.05, 4.69) is 20.8 Å². The van der Waals surface area contributed by atoms with Crippen LogP contribution in [0, 0.1) is 5.92 Å². The maximum absolute atomic E-state index is 12.4. The lowest BCUT2D eigenvalue weighted by molar-refractivity contribution is -0.149. The van der Waals surface area contributed by atoms with Gasteiger partial charge >= 0.3 is 5.97 Å². The van der Waals surface area contributed by atoms with Gasteiger partial charge in [-0.3, -0.25) is 4.79 Å². The van der Waals surface area contributed by atoms with E-state index in [1.165, 1.54) is 96.3 Å². The summed E-state index contributed by atoms with van der Waals surface area (Å²) in [5, 5.41) is 0. The van der Waals surface area contributed by atoms with Crippen molar-refractivity contribution in [1.29, 1.82) is 0 Å². The first kappa shape index (κ1) is 26.5. The van der Waals surface area contributed by atoms with E-state index in [0.29, 0.717) is 6.61 Å². The summed E-state index contributed by atoms with van der Waals surface area (Å²) in [4.78, 5) is 12.4. The van der Waals surface area contributed by atoms with Gasteiger partial charge in [0.15, 0.2) is 0 Å². The summed E-state index contributed by atoms with van der Waals surface area (Å²) in [5.74, 6) is 0.214. The van der Waals surface area contributed by atoms with Crippen LogP contribution in [0.1, 0.15) is 143 Å². The Morgan fingerprint density at radius 3 is 1.48 bits per heavy atom. The van der Waals surface area contributed by atoms with Gasteiger partial charge in [0.2, 0.25) is 0 Å². The second kappa shape index (κ2) is 21.8. The highest BCUT2D eigenvalue weighted by molar-refractivity contribution is 5.72. The maximum atomic E-state index is 12.4. The number of hydrogen-bond acceptors (Lipinski definition) is 2. The average Bonchev–Trinajstić information content (AvgIpc) is 2.67. The topological polar surface area (TPSA) is 26.3 Å². The Morgan fingerprint density at radius 2 is 1.00 bits per heavy atom. The standard InChI is InChI=1S/C25H50O2/c1-4-7-9-11-13-14-15-17-19-22-24(21-6-3)25(26)27-23-20-18-16-12-10-8-5-2/h24H,4-23H2,1-3H3. The Morgan fingerprint density at radius 1 is 0.556 bits per heavy atom. The van der Waals surface area contributed by atoms with E-state index in [1.54, 1.807) is 0 Å². The van der Waals surface area contributed by atoms with E-state index in [0.717, 1.165) is 25.7 Å². The lowest BCUT2D eigenvalue weighted by atomic mass is 9.96. The van der Waals surface area contributed by atoms with Crippen LogP contribution in [0.25, 0.3) is 0 Å². The number of carbonyl (C=O) groups is 1. The van der Waals surface area contributed by atoms with Gasteiger partial charge in [0.25, 0.3) is 0 Å². The fourth-order valence-electron chi connectivity index (χ4n) is 3.78. The fraction of sp³-hybridized carbons (Fsp3) is 0.960. The van der Waals surface area contributed by atoms with Crippen molar-refractivity contribution in [2.24, 2.45) is 5.92 Å². The third-order valence-corrected chi connectivity index (χ3v) is 5.62. The van der Waals surface area contributed by atoms with Crippen LogP contribution in [-0.4, -0.2) is 12.6 Å². The van der Waals surface area contributed by atoms with Crippen molar-refractivity contribution in [2.75, 3.05) is 6.61 Å². The molecule has 0 fully saturated rings. The first-order valence-electron chi connectivity index (χ1n) is 12.4. The molecule has 0 N–H and O–H groups in total. The lowest BCUT2D eigenvalue weighted by Crippen LogP contribution is -2.18. The van der Waals surface area contributed by atoms with Gasteiger partial charge in [0.1, 0.15) is 0 Å². The van der Waals surface area contributed by atoms with Crippen LogP contribution in [0.3, 0.4) is 0 Å². The van der Waals surface area contributed by atoms with Crippen LogP contribution >= 0.6 is 0 Å². The lowest BCUT2D eigenvalue weighted by Gasteiger charge is -2.15. The molecule has 0 aromatic carbocycles. The molecule has 0 amide bonds. The van der Waals surface area contributed by atoms with E-state index < -0.39 is 0 Å². The largest absolute Gasteiger partial charge is 0.465 e. The average molecular weight is 383 g/mol. The number of hydrogen-bond donors (Lipinski definition) is 0. The molecule has 0 aliphatic rings. The second-order valence-electron chi connectivity index (χ2n) is 8.39. The molecule has 1 unspecified atom stereocenters. The zero-order valence-corrected chi connectivity index (χ0v) is 19.0. The molecule has 0 bridgehead atoms. The number of carbonyl (C=O) groups excluding carboxylic acids is 1. The smallest absolute Gasteiger partial charge is 0.308 e. The number of unbranched alkanes of at least 4 members (excludes halogenated alkanes) is 14. The van der Waals surface area contributed by atoms with Crippen molar-refractivity contribution < 1.29 is 9.53 Å². The summed E-state index contributed by atoms with van der Waals surface area (Å²) in [5.41, 5.74) is 0. The van der Waals surface area contributed by atoms with Gasteiger partial charge in [-0.2, -0.15) is 0 Å². The van der Waals surface area contributed by atoms with Crippen molar-refractivity contribution >= 4 is 5.97 Å². The summed E-state index contributed by atoms with van der Waals surface area (Å²) >= 11 is 0.